The Morgan fingerprint density at radius 2 is 1.73 bits per heavy atom. The first-order valence-corrected chi connectivity index (χ1v) is 9.88. The van der Waals surface area contributed by atoms with Gasteiger partial charge in [0.25, 0.3) is 0 Å². The molecular formula is C19H36N2O. The van der Waals surface area contributed by atoms with E-state index in [2.05, 4.69) is 17.1 Å². The SMILES string of the molecule is CC1CCCC(CNC2CCN(C3CCCCC3O)CC2)C1. The molecule has 0 bridgehead atoms. The van der Waals surface area contributed by atoms with E-state index in [1.165, 1.54) is 77.4 Å². The summed E-state index contributed by atoms with van der Waals surface area (Å²) in [5, 5.41) is 14.1. The smallest absolute Gasteiger partial charge is 0.0695 e. The van der Waals surface area contributed by atoms with Crippen LogP contribution in [0.5, 0.6) is 0 Å². The zero-order valence-corrected chi connectivity index (χ0v) is 14.5. The number of hydrogen-bond acceptors (Lipinski definition) is 3. The summed E-state index contributed by atoms with van der Waals surface area (Å²) < 4.78 is 0. The molecule has 2 N–H and O–H groups in total. The normalized spacial score (nSPS) is 39.0. The molecule has 22 heavy (non-hydrogen) atoms. The molecule has 3 aliphatic rings. The van der Waals surface area contributed by atoms with E-state index < -0.39 is 0 Å². The number of hydrogen-bond donors (Lipinski definition) is 2. The van der Waals surface area contributed by atoms with E-state index in [0.717, 1.165) is 18.3 Å². The number of likely N-dealkylation sites (tertiary alicyclic amines) is 1. The predicted octanol–water partition coefficient (Wildman–Crippen LogP) is 3.17. The van der Waals surface area contributed by atoms with Crippen molar-refractivity contribution in [1.29, 1.82) is 0 Å². The van der Waals surface area contributed by atoms with Gasteiger partial charge in [0, 0.05) is 25.2 Å². The van der Waals surface area contributed by atoms with Crippen LogP contribution >= 0.6 is 0 Å². The van der Waals surface area contributed by atoms with Gasteiger partial charge in [-0.2, -0.15) is 0 Å². The minimum atomic E-state index is -0.0676. The highest BCUT2D eigenvalue weighted by Gasteiger charge is 2.31. The van der Waals surface area contributed by atoms with Gasteiger partial charge in [-0.05, 0) is 56.9 Å². The maximum Gasteiger partial charge on any atom is 0.0695 e. The van der Waals surface area contributed by atoms with Crippen molar-refractivity contribution in [3.8, 4) is 0 Å². The molecule has 0 spiro atoms. The van der Waals surface area contributed by atoms with Gasteiger partial charge in [0.1, 0.15) is 0 Å². The summed E-state index contributed by atoms with van der Waals surface area (Å²) >= 11 is 0. The molecule has 3 nitrogen and oxygen atoms in total. The summed E-state index contributed by atoms with van der Waals surface area (Å²) in [6.07, 6.45) is 13.0. The van der Waals surface area contributed by atoms with Crippen LogP contribution < -0.4 is 5.32 Å². The number of nitrogens with one attached hydrogen (secondary N) is 1. The van der Waals surface area contributed by atoms with Crippen LogP contribution in [-0.4, -0.2) is 47.8 Å². The summed E-state index contributed by atoms with van der Waals surface area (Å²) in [6.45, 7) is 6.02. The van der Waals surface area contributed by atoms with E-state index in [1.54, 1.807) is 0 Å². The topological polar surface area (TPSA) is 35.5 Å². The molecule has 1 heterocycles. The second-order valence-electron chi connectivity index (χ2n) is 8.28. The summed E-state index contributed by atoms with van der Waals surface area (Å²) in [5.74, 6) is 1.86. The standard InChI is InChI=1S/C19H36N2O/c1-15-5-4-6-16(13-15)14-20-17-9-11-21(12-10-17)18-7-2-3-8-19(18)22/h15-20,22H,2-14H2,1H3. The Morgan fingerprint density at radius 3 is 2.45 bits per heavy atom. The molecule has 0 aromatic heterocycles. The van der Waals surface area contributed by atoms with Crippen LogP contribution in [-0.2, 0) is 0 Å². The number of nitrogens with zero attached hydrogens (tertiary/aromatic N) is 1. The lowest BCUT2D eigenvalue weighted by Crippen LogP contribution is -2.52. The highest BCUT2D eigenvalue weighted by atomic mass is 16.3. The lowest BCUT2D eigenvalue weighted by Gasteiger charge is -2.42. The average molecular weight is 309 g/mol. The van der Waals surface area contributed by atoms with Crippen LogP contribution in [0.1, 0.15) is 71.1 Å². The Bertz CT molecular complexity index is 327. The Balaban J connectivity index is 1.36. The number of aliphatic hydroxyl groups is 1. The van der Waals surface area contributed by atoms with E-state index in [-0.39, 0.29) is 6.10 Å². The fourth-order valence-corrected chi connectivity index (χ4v) is 5.03. The fraction of sp³-hybridized carbons (Fsp3) is 1.00. The van der Waals surface area contributed by atoms with Gasteiger partial charge in [-0.1, -0.05) is 32.6 Å². The molecule has 0 amide bonds. The molecule has 3 rings (SSSR count). The molecule has 3 fully saturated rings. The molecule has 0 aromatic rings. The van der Waals surface area contributed by atoms with Crippen LogP contribution in [0.4, 0.5) is 0 Å². The molecule has 2 saturated carbocycles. The van der Waals surface area contributed by atoms with E-state index in [1.807, 2.05) is 0 Å². The number of piperidine rings is 1. The van der Waals surface area contributed by atoms with Crippen molar-refractivity contribution in [2.45, 2.75) is 89.3 Å². The average Bonchev–Trinajstić information content (AvgIpc) is 2.54. The molecule has 0 aromatic carbocycles. The minimum absolute atomic E-state index is 0.0676. The van der Waals surface area contributed by atoms with Crippen molar-refractivity contribution >= 4 is 0 Å². The Morgan fingerprint density at radius 1 is 0.955 bits per heavy atom. The number of rotatable bonds is 4. The minimum Gasteiger partial charge on any atom is -0.391 e. The zero-order valence-electron chi connectivity index (χ0n) is 14.5. The van der Waals surface area contributed by atoms with E-state index in [0.29, 0.717) is 12.1 Å². The summed E-state index contributed by atoms with van der Waals surface area (Å²) in [6, 6.07) is 1.17. The van der Waals surface area contributed by atoms with Gasteiger partial charge in [-0.15, -0.1) is 0 Å². The molecule has 0 radical (unpaired) electrons. The fourth-order valence-electron chi connectivity index (χ4n) is 5.03. The summed E-state index contributed by atoms with van der Waals surface area (Å²) in [4.78, 5) is 2.57. The second kappa shape index (κ2) is 8.12. The quantitative estimate of drug-likeness (QED) is 0.837. The summed E-state index contributed by atoms with van der Waals surface area (Å²) in [5.41, 5.74) is 0. The lowest BCUT2D eigenvalue weighted by atomic mass is 9.82. The van der Waals surface area contributed by atoms with Gasteiger partial charge in [-0.25, -0.2) is 0 Å². The van der Waals surface area contributed by atoms with Gasteiger partial charge in [0.2, 0.25) is 0 Å². The molecular weight excluding hydrogens is 272 g/mol. The van der Waals surface area contributed by atoms with Gasteiger partial charge >= 0.3 is 0 Å². The maximum absolute atomic E-state index is 10.2. The van der Waals surface area contributed by atoms with Crippen molar-refractivity contribution in [1.82, 2.24) is 10.2 Å². The monoisotopic (exact) mass is 308 g/mol. The van der Waals surface area contributed by atoms with Crippen LogP contribution in [0.3, 0.4) is 0 Å². The molecule has 2 aliphatic carbocycles. The van der Waals surface area contributed by atoms with Crippen LogP contribution in [0, 0.1) is 11.8 Å². The van der Waals surface area contributed by atoms with E-state index >= 15 is 0 Å². The molecule has 4 atom stereocenters. The first-order valence-electron chi connectivity index (χ1n) is 9.88. The van der Waals surface area contributed by atoms with Crippen LogP contribution in [0.15, 0.2) is 0 Å². The van der Waals surface area contributed by atoms with Crippen molar-refractivity contribution < 1.29 is 5.11 Å². The Labute approximate surface area is 136 Å². The van der Waals surface area contributed by atoms with E-state index in [4.69, 9.17) is 0 Å². The largest absolute Gasteiger partial charge is 0.391 e. The lowest BCUT2D eigenvalue weighted by molar-refractivity contribution is 0.00693. The molecule has 1 saturated heterocycles. The van der Waals surface area contributed by atoms with Gasteiger partial charge in [-0.3, -0.25) is 4.90 Å². The first-order chi connectivity index (χ1) is 10.7. The highest BCUT2D eigenvalue weighted by molar-refractivity contribution is 4.88. The Kier molecular flexibility index (Phi) is 6.17. The molecule has 128 valence electrons. The molecule has 4 unspecified atom stereocenters. The molecule has 1 aliphatic heterocycles. The first kappa shape index (κ1) is 16.7. The second-order valence-corrected chi connectivity index (χ2v) is 8.28. The number of aliphatic hydroxyl groups excluding tert-OH is 1. The van der Waals surface area contributed by atoms with Crippen LogP contribution in [0.2, 0.25) is 0 Å². The van der Waals surface area contributed by atoms with Crippen molar-refractivity contribution in [3.05, 3.63) is 0 Å². The third-order valence-electron chi connectivity index (χ3n) is 6.43. The highest BCUT2D eigenvalue weighted by Crippen LogP contribution is 2.29. The van der Waals surface area contributed by atoms with Gasteiger partial charge < -0.3 is 10.4 Å². The van der Waals surface area contributed by atoms with Crippen molar-refractivity contribution in [2.24, 2.45) is 11.8 Å². The van der Waals surface area contributed by atoms with Crippen molar-refractivity contribution in [2.75, 3.05) is 19.6 Å². The van der Waals surface area contributed by atoms with Crippen LogP contribution in [0.25, 0.3) is 0 Å². The zero-order chi connectivity index (χ0) is 15.4. The predicted molar refractivity (Wildman–Crippen MR) is 92.0 cm³/mol. The molecule has 3 heteroatoms. The van der Waals surface area contributed by atoms with Gasteiger partial charge in [0.05, 0.1) is 6.10 Å². The maximum atomic E-state index is 10.2. The third-order valence-corrected chi connectivity index (χ3v) is 6.43. The van der Waals surface area contributed by atoms with Crippen molar-refractivity contribution in [3.63, 3.8) is 0 Å². The van der Waals surface area contributed by atoms with Gasteiger partial charge in [0.15, 0.2) is 0 Å². The Hall–Kier alpha value is -0.120. The summed E-state index contributed by atoms with van der Waals surface area (Å²) in [7, 11) is 0. The third kappa shape index (κ3) is 4.46. The van der Waals surface area contributed by atoms with E-state index in [9.17, 15) is 5.11 Å².